The number of nitrogens with one attached hydrogen (secondary N) is 1. The number of imide groups is 2. The molecule has 1 N–H and O–H groups in total. The van der Waals surface area contributed by atoms with Crippen LogP contribution in [-0.4, -0.2) is 17.8 Å². The predicted molar refractivity (Wildman–Crippen MR) is 142 cm³/mol. The first-order chi connectivity index (χ1) is 17.0. The number of rotatable bonds is 5. The van der Waals surface area contributed by atoms with E-state index in [2.05, 4.69) is 5.32 Å². The zero-order valence-electron chi connectivity index (χ0n) is 18.4. The summed E-state index contributed by atoms with van der Waals surface area (Å²) in [5, 5.41) is 3.69. The SMILES string of the molecule is Cc1ccc(Cl)cc1N1C(=O)NC(=O)/C(=C\c2cc(Cl)c(OCc3ccc(Cl)cc3Cl)c(Cl)c2)C1=O. The lowest BCUT2D eigenvalue weighted by Gasteiger charge is -2.27. The molecule has 11 heteroatoms. The molecule has 1 heterocycles. The number of carbonyl (C=O) groups excluding carboxylic acids is 3. The van der Waals surface area contributed by atoms with Crippen LogP contribution in [-0.2, 0) is 16.2 Å². The van der Waals surface area contributed by atoms with E-state index < -0.39 is 17.8 Å². The van der Waals surface area contributed by atoms with E-state index in [9.17, 15) is 14.4 Å². The van der Waals surface area contributed by atoms with Crippen molar-refractivity contribution in [1.29, 1.82) is 0 Å². The monoisotopic (exact) mass is 582 g/mol. The Labute approximate surface area is 231 Å². The van der Waals surface area contributed by atoms with Crippen molar-refractivity contribution in [1.82, 2.24) is 5.32 Å². The van der Waals surface area contributed by atoms with E-state index in [4.69, 9.17) is 62.7 Å². The summed E-state index contributed by atoms with van der Waals surface area (Å²) in [6, 6.07) is 11.8. The van der Waals surface area contributed by atoms with E-state index in [0.29, 0.717) is 31.8 Å². The molecule has 4 amide bonds. The summed E-state index contributed by atoms with van der Waals surface area (Å²) in [6.07, 6.45) is 1.29. The van der Waals surface area contributed by atoms with Crippen LogP contribution < -0.4 is 15.0 Å². The van der Waals surface area contributed by atoms with Crippen LogP contribution in [0.2, 0.25) is 25.1 Å². The Kier molecular flexibility index (Phi) is 7.83. The zero-order valence-corrected chi connectivity index (χ0v) is 22.2. The summed E-state index contributed by atoms with van der Waals surface area (Å²) in [7, 11) is 0. The summed E-state index contributed by atoms with van der Waals surface area (Å²) in [5.41, 5.74) is 1.60. The lowest BCUT2D eigenvalue weighted by atomic mass is 10.1. The highest BCUT2D eigenvalue weighted by Crippen LogP contribution is 2.36. The molecule has 0 saturated carbocycles. The van der Waals surface area contributed by atoms with Crippen molar-refractivity contribution < 1.29 is 19.1 Å². The fraction of sp³-hybridized carbons (Fsp3) is 0.0800. The highest BCUT2D eigenvalue weighted by atomic mass is 35.5. The van der Waals surface area contributed by atoms with Crippen molar-refractivity contribution in [2.45, 2.75) is 13.5 Å². The van der Waals surface area contributed by atoms with Gasteiger partial charge in [-0.3, -0.25) is 14.9 Å². The highest BCUT2D eigenvalue weighted by molar-refractivity contribution is 6.40. The average Bonchev–Trinajstić information content (AvgIpc) is 2.79. The number of aryl methyl sites for hydroxylation is 1. The quantitative estimate of drug-likeness (QED) is 0.249. The fourth-order valence-corrected chi connectivity index (χ4v) is 4.70. The standard InChI is InChI=1S/C25H15Cl5N2O4/c1-12-2-4-16(27)10-21(12)32-24(34)17(23(33)31-25(32)35)6-13-7-19(29)22(20(30)8-13)36-11-14-3-5-15(26)9-18(14)28/h2-10H,11H2,1H3,(H,31,33,35)/b17-6+. The Morgan fingerprint density at radius 1 is 0.861 bits per heavy atom. The molecule has 1 aliphatic rings. The van der Waals surface area contributed by atoms with Crippen LogP contribution in [0.4, 0.5) is 10.5 Å². The summed E-state index contributed by atoms with van der Waals surface area (Å²) in [6.45, 7) is 1.79. The van der Waals surface area contributed by atoms with Crippen molar-refractivity contribution in [3.63, 3.8) is 0 Å². The number of carbonyl (C=O) groups is 3. The number of benzene rings is 3. The third kappa shape index (κ3) is 5.48. The number of urea groups is 1. The average molecular weight is 585 g/mol. The van der Waals surface area contributed by atoms with Crippen LogP contribution in [0, 0.1) is 6.92 Å². The second kappa shape index (κ2) is 10.7. The molecule has 0 bridgehead atoms. The topological polar surface area (TPSA) is 75.7 Å². The Morgan fingerprint density at radius 2 is 1.50 bits per heavy atom. The number of nitrogens with zero attached hydrogens (tertiary/aromatic N) is 1. The van der Waals surface area contributed by atoms with Crippen molar-refractivity contribution in [2.75, 3.05) is 4.90 Å². The number of barbiturate groups is 1. The molecule has 3 aromatic rings. The molecule has 1 fully saturated rings. The molecule has 0 unspecified atom stereocenters. The Bertz CT molecular complexity index is 1430. The van der Waals surface area contributed by atoms with Gasteiger partial charge in [-0.25, -0.2) is 9.69 Å². The van der Waals surface area contributed by atoms with Gasteiger partial charge in [0.2, 0.25) is 0 Å². The van der Waals surface area contributed by atoms with Crippen LogP contribution in [0.3, 0.4) is 0 Å². The maximum absolute atomic E-state index is 13.2. The molecule has 0 atom stereocenters. The second-order valence-electron chi connectivity index (χ2n) is 7.73. The first kappa shape index (κ1) is 26.3. The predicted octanol–water partition coefficient (Wildman–Crippen LogP) is 7.51. The summed E-state index contributed by atoms with van der Waals surface area (Å²) in [4.78, 5) is 39.0. The molecular formula is C25H15Cl5N2O4. The van der Waals surface area contributed by atoms with Gasteiger partial charge in [0.1, 0.15) is 12.2 Å². The third-order valence-corrected chi connectivity index (χ3v) is 6.62. The largest absolute Gasteiger partial charge is 0.486 e. The molecule has 3 aromatic carbocycles. The molecule has 184 valence electrons. The summed E-state index contributed by atoms with van der Waals surface area (Å²) < 4.78 is 5.75. The van der Waals surface area contributed by atoms with Gasteiger partial charge in [0.25, 0.3) is 11.8 Å². The molecular weight excluding hydrogens is 570 g/mol. The smallest absolute Gasteiger partial charge is 0.335 e. The minimum atomic E-state index is -0.881. The van der Waals surface area contributed by atoms with Crippen LogP contribution in [0.5, 0.6) is 5.75 Å². The van der Waals surface area contributed by atoms with E-state index in [0.717, 1.165) is 4.90 Å². The van der Waals surface area contributed by atoms with Crippen LogP contribution >= 0.6 is 58.0 Å². The van der Waals surface area contributed by atoms with Crippen LogP contribution in [0.1, 0.15) is 16.7 Å². The normalized spacial score (nSPS) is 14.9. The molecule has 6 nitrogen and oxygen atoms in total. The minimum absolute atomic E-state index is 0.0762. The van der Waals surface area contributed by atoms with Crippen molar-refractivity contribution in [3.8, 4) is 5.75 Å². The highest BCUT2D eigenvalue weighted by Gasteiger charge is 2.37. The zero-order chi connectivity index (χ0) is 26.1. The number of amides is 4. The molecule has 0 aromatic heterocycles. The van der Waals surface area contributed by atoms with Crippen molar-refractivity contribution in [2.24, 2.45) is 0 Å². The van der Waals surface area contributed by atoms with Crippen molar-refractivity contribution in [3.05, 3.63) is 95.9 Å². The van der Waals surface area contributed by atoms with Gasteiger partial charge in [-0.15, -0.1) is 0 Å². The molecule has 4 rings (SSSR count). The minimum Gasteiger partial charge on any atom is -0.486 e. The van der Waals surface area contributed by atoms with Gasteiger partial charge in [0, 0.05) is 20.6 Å². The van der Waals surface area contributed by atoms with E-state index in [1.54, 1.807) is 37.3 Å². The first-order valence-corrected chi connectivity index (χ1v) is 12.2. The van der Waals surface area contributed by atoms with Gasteiger partial charge in [-0.2, -0.15) is 0 Å². The van der Waals surface area contributed by atoms with Gasteiger partial charge < -0.3 is 4.74 Å². The maximum atomic E-state index is 13.2. The molecule has 36 heavy (non-hydrogen) atoms. The lowest BCUT2D eigenvalue weighted by Crippen LogP contribution is -2.54. The van der Waals surface area contributed by atoms with E-state index in [1.807, 2.05) is 0 Å². The Balaban J connectivity index is 1.63. The van der Waals surface area contributed by atoms with E-state index in [1.165, 1.54) is 24.3 Å². The van der Waals surface area contributed by atoms with Crippen molar-refractivity contribution >= 4 is 87.6 Å². The van der Waals surface area contributed by atoms with E-state index >= 15 is 0 Å². The van der Waals surface area contributed by atoms with E-state index in [-0.39, 0.29) is 33.7 Å². The third-order valence-electron chi connectivity index (χ3n) is 5.23. The summed E-state index contributed by atoms with van der Waals surface area (Å²) >= 11 is 30.9. The van der Waals surface area contributed by atoms with Gasteiger partial charge in [-0.05, 0) is 60.5 Å². The number of hydrogen-bond acceptors (Lipinski definition) is 4. The molecule has 0 spiro atoms. The second-order valence-corrected chi connectivity index (χ2v) is 9.82. The first-order valence-electron chi connectivity index (χ1n) is 10.3. The number of halogens is 5. The molecule has 0 radical (unpaired) electrons. The fourth-order valence-electron chi connectivity index (χ4n) is 3.46. The molecule has 1 saturated heterocycles. The van der Waals surface area contributed by atoms with Crippen LogP contribution in [0.15, 0.2) is 54.1 Å². The van der Waals surface area contributed by atoms with Gasteiger partial charge in [-0.1, -0.05) is 70.1 Å². The number of anilines is 1. The molecule has 0 aliphatic carbocycles. The number of ether oxygens (including phenoxy) is 1. The lowest BCUT2D eigenvalue weighted by molar-refractivity contribution is -0.122. The molecule has 1 aliphatic heterocycles. The van der Waals surface area contributed by atoms with Gasteiger partial charge in [0.05, 0.1) is 15.7 Å². The van der Waals surface area contributed by atoms with Crippen LogP contribution in [0.25, 0.3) is 6.08 Å². The van der Waals surface area contributed by atoms with Gasteiger partial charge in [0.15, 0.2) is 5.75 Å². The van der Waals surface area contributed by atoms with Gasteiger partial charge >= 0.3 is 6.03 Å². The number of hydrogen-bond donors (Lipinski definition) is 1. The Hall–Kier alpha value is -2.74. The maximum Gasteiger partial charge on any atom is 0.335 e. The summed E-state index contributed by atoms with van der Waals surface area (Å²) in [5.74, 6) is -1.48. The Morgan fingerprint density at radius 3 is 2.17 bits per heavy atom.